The van der Waals surface area contributed by atoms with E-state index in [0.29, 0.717) is 0 Å². The molecule has 0 radical (unpaired) electrons. The molecule has 25 heavy (non-hydrogen) atoms. The van der Waals surface area contributed by atoms with Crippen molar-refractivity contribution in [3.8, 4) is 22.4 Å². The van der Waals surface area contributed by atoms with Crippen molar-refractivity contribution < 1.29 is 0 Å². The Morgan fingerprint density at radius 1 is 0.680 bits per heavy atom. The van der Waals surface area contributed by atoms with Crippen molar-refractivity contribution in [1.29, 1.82) is 0 Å². The minimum absolute atomic E-state index is 1.03. The molecule has 0 aliphatic rings. The number of nitrogens with one attached hydrogen (secondary N) is 1. The predicted octanol–water partition coefficient (Wildman–Crippen LogP) is 6.05. The molecular formula is C23H16N2. The van der Waals surface area contributed by atoms with Gasteiger partial charge in [0.05, 0.1) is 11.2 Å². The topological polar surface area (TPSA) is 28.7 Å². The van der Waals surface area contributed by atoms with Crippen molar-refractivity contribution in [2.75, 3.05) is 0 Å². The maximum atomic E-state index is 4.66. The molecule has 2 nitrogen and oxygen atoms in total. The van der Waals surface area contributed by atoms with Crippen LogP contribution in [0.15, 0.2) is 91.1 Å². The maximum absolute atomic E-state index is 4.66. The van der Waals surface area contributed by atoms with E-state index < -0.39 is 0 Å². The summed E-state index contributed by atoms with van der Waals surface area (Å²) in [7, 11) is 0. The molecule has 2 aromatic heterocycles. The first-order valence-corrected chi connectivity index (χ1v) is 8.42. The Bertz CT molecular complexity index is 1180. The summed E-state index contributed by atoms with van der Waals surface area (Å²) in [5.41, 5.74) is 6.87. The highest BCUT2D eigenvalue weighted by atomic mass is 14.7. The molecule has 0 saturated carbocycles. The molecule has 0 atom stereocenters. The monoisotopic (exact) mass is 320 g/mol. The standard InChI is InChI=1S/C23H16N2/c1-2-8-17(9-3-1)23-21(18-12-4-5-14-20(18)25-23)19-13-6-10-16-11-7-15-24-22(16)19/h1-15,25H. The quantitative estimate of drug-likeness (QED) is 0.421. The van der Waals surface area contributed by atoms with Crippen molar-refractivity contribution in [2.45, 2.75) is 0 Å². The van der Waals surface area contributed by atoms with Gasteiger partial charge in [0.2, 0.25) is 0 Å². The molecule has 2 heteroatoms. The van der Waals surface area contributed by atoms with Gasteiger partial charge in [0.1, 0.15) is 0 Å². The van der Waals surface area contributed by atoms with E-state index in [-0.39, 0.29) is 0 Å². The van der Waals surface area contributed by atoms with Crippen LogP contribution in [0.1, 0.15) is 0 Å². The second-order valence-electron chi connectivity index (χ2n) is 6.17. The molecule has 0 fully saturated rings. The molecular weight excluding hydrogens is 304 g/mol. The first-order chi connectivity index (χ1) is 12.4. The number of pyridine rings is 1. The van der Waals surface area contributed by atoms with E-state index in [1.807, 2.05) is 18.3 Å². The van der Waals surface area contributed by atoms with Gasteiger partial charge in [-0.25, -0.2) is 0 Å². The Hall–Kier alpha value is -3.39. The van der Waals surface area contributed by atoms with Crippen LogP contribution in [-0.4, -0.2) is 9.97 Å². The number of fused-ring (bicyclic) bond motifs is 2. The van der Waals surface area contributed by atoms with Crippen molar-refractivity contribution in [3.05, 3.63) is 91.1 Å². The second-order valence-corrected chi connectivity index (χ2v) is 6.17. The average molecular weight is 320 g/mol. The summed E-state index contributed by atoms with van der Waals surface area (Å²) in [5, 5.41) is 2.38. The summed E-state index contributed by atoms with van der Waals surface area (Å²) in [5.74, 6) is 0. The molecule has 2 heterocycles. The van der Waals surface area contributed by atoms with Crippen LogP contribution in [0.25, 0.3) is 44.2 Å². The van der Waals surface area contributed by atoms with Gasteiger partial charge in [-0.2, -0.15) is 0 Å². The van der Waals surface area contributed by atoms with Gasteiger partial charge < -0.3 is 4.98 Å². The molecule has 0 amide bonds. The summed E-state index contributed by atoms with van der Waals surface area (Å²) in [6, 6.07) is 29.4. The summed E-state index contributed by atoms with van der Waals surface area (Å²) in [6.07, 6.45) is 1.86. The lowest BCUT2D eigenvalue weighted by molar-refractivity contribution is 1.41. The molecule has 5 rings (SSSR count). The van der Waals surface area contributed by atoms with Gasteiger partial charge in [0.15, 0.2) is 0 Å². The van der Waals surface area contributed by atoms with E-state index in [2.05, 4.69) is 82.8 Å². The van der Waals surface area contributed by atoms with E-state index >= 15 is 0 Å². The van der Waals surface area contributed by atoms with Gasteiger partial charge >= 0.3 is 0 Å². The van der Waals surface area contributed by atoms with Crippen LogP contribution in [0.3, 0.4) is 0 Å². The molecule has 3 aromatic carbocycles. The van der Waals surface area contributed by atoms with E-state index in [9.17, 15) is 0 Å². The van der Waals surface area contributed by atoms with Gasteiger partial charge in [0, 0.05) is 33.6 Å². The van der Waals surface area contributed by atoms with Gasteiger partial charge in [-0.3, -0.25) is 4.98 Å². The van der Waals surface area contributed by atoms with Gasteiger partial charge in [0.25, 0.3) is 0 Å². The van der Waals surface area contributed by atoms with Gasteiger partial charge in [-0.15, -0.1) is 0 Å². The first-order valence-electron chi connectivity index (χ1n) is 8.42. The maximum Gasteiger partial charge on any atom is 0.0781 e. The Kier molecular flexibility index (Phi) is 3.14. The fourth-order valence-corrected chi connectivity index (χ4v) is 3.55. The number of aromatic amines is 1. The van der Waals surface area contributed by atoms with Gasteiger partial charge in [-0.05, 0) is 17.7 Å². The largest absolute Gasteiger partial charge is 0.354 e. The average Bonchev–Trinajstić information content (AvgIpc) is 3.08. The highest BCUT2D eigenvalue weighted by Gasteiger charge is 2.17. The molecule has 0 aliphatic carbocycles. The minimum Gasteiger partial charge on any atom is -0.354 e. The summed E-state index contributed by atoms with van der Waals surface area (Å²) >= 11 is 0. The van der Waals surface area contributed by atoms with Crippen molar-refractivity contribution in [1.82, 2.24) is 9.97 Å². The van der Waals surface area contributed by atoms with Crippen LogP contribution in [0.5, 0.6) is 0 Å². The third-order valence-corrected chi connectivity index (χ3v) is 4.67. The lowest BCUT2D eigenvalue weighted by Crippen LogP contribution is -1.86. The Labute approximate surface area is 145 Å². The lowest BCUT2D eigenvalue weighted by Gasteiger charge is -2.08. The van der Waals surface area contributed by atoms with E-state index in [0.717, 1.165) is 27.7 Å². The normalized spacial score (nSPS) is 11.2. The number of rotatable bonds is 2. The number of hydrogen-bond donors (Lipinski definition) is 1. The van der Waals surface area contributed by atoms with Crippen molar-refractivity contribution in [2.24, 2.45) is 0 Å². The Balaban J connectivity index is 1.92. The molecule has 1 N–H and O–H groups in total. The molecule has 118 valence electrons. The fourth-order valence-electron chi connectivity index (χ4n) is 3.55. The predicted molar refractivity (Wildman–Crippen MR) is 104 cm³/mol. The first kappa shape index (κ1) is 14.0. The van der Waals surface area contributed by atoms with Crippen LogP contribution in [0.2, 0.25) is 0 Å². The third kappa shape index (κ3) is 2.23. The van der Waals surface area contributed by atoms with Crippen LogP contribution < -0.4 is 0 Å². The zero-order valence-corrected chi connectivity index (χ0v) is 13.6. The third-order valence-electron chi connectivity index (χ3n) is 4.67. The highest BCUT2D eigenvalue weighted by Crippen LogP contribution is 2.40. The minimum atomic E-state index is 1.03. The fraction of sp³-hybridized carbons (Fsp3) is 0. The van der Waals surface area contributed by atoms with Gasteiger partial charge in [-0.1, -0.05) is 72.8 Å². The number of hydrogen-bond acceptors (Lipinski definition) is 1. The SMILES string of the molecule is c1ccc(-c2[nH]c3ccccc3c2-c2cccc3cccnc23)cc1. The van der Waals surface area contributed by atoms with Crippen LogP contribution in [0, 0.1) is 0 Å². The smallest absolute Gasteiger partial charge is 0.0781 e. The molecule has 0 bridgehead atoms. The van der Waals surface area contributed by atoms with E-state index in [1.54, 1.807) is 0 Å². The Morgan fingerprint density at radius 3 is 2.40 bits per heavy atom. The van der Waals surface area contributed by atoms with Crippen molar-refractivity contribution >= 4 is 21.8 Å². The van der Waals surface area contributed by atoms with Crippen LogP contribution >= 0.6 is 0 Å². The number of para-hydroxylation sites is 2. The Morgan fingerprint density at radius 2 is 1.48 bits per heavy atom. The number of H-pyrrole nitrogens is 1. The number of aromatic nitrogens is 2. The molecule has 5 aromatic rings. The highest BCUT2D eigenvalue weighted by molar-refractivity contribution is 6.09. The summed E-state index contributed by atoms with van der Waals surface area (Å²) < 4.78 is 0. The number of nitrogens with zero attached hydrogens (tertiary/aromatic N) is 1. The van der Waals surface area contributed by atoms with Crippen LogP contribution in [0.4, 0.5) is 0 Å². The van der Waals surface area contributed by atoms with E-state index in [4.69, 9.17) is 0 Å². The van der Waals surface area contributed by atoms with Crippen molar-refractivity contribution in [3.63, 3.8) is 0 Å². The summed E-state index contributed by atoms with van der Waals surface area (Å²) in [6.45, 7) is 0. The molecule has 0 saturated heterocycles. The second kappa shape index (κ2) is 5.60. The van der Waals surface area contributed by atoms with E-state index in [1.165, 1.54) is 16.5 Å². The molecule has 0 unspecified atom stereocenters. The zero-order valence-electron chi connectivity index (χ0n) is 13.6. The number of benzene rings is 3. The summed E-state index contributed by atoms with van der Waals surface area (Å²) in [4.78, 5) is 8.28. The lowest BCUT2D eigenvalue weighted by atomic mass is 9.96. The zero-order chi connectivity index (χ0) is 16.6. The molecule has 0 spiro atoms. The van der Waals surface area contributed by atoms with Crippen LogP contribution in [-0.2, 0) is 0 Å². The molecule has 0 aliphatic heterocycles.